The summed E-state index contributed by atoms with van der Waals surface area (Å²) in [5.41, 5.74) is 2.39. The Morgan fingerprint density at radius 1 is 0.878 bits per heavy atom. The third-order valence-corrected chi connectivity index (χ3v) is 6.03. The van der Waals surface area contributed by atoms with E-state index in [-0.39, 0.29) is 43.3 Å². The average Bonchev–Trinajstić information content (AvgIpc) is 2.97. The minimum Gasteiger partial charge on any atom is -0.482 e. The molecule has 0 saturated heterocycles. The molecule has 0 heterocycles. The van der Waals surface area contributed by atoms with E-state index < -0.39 is 6.03 Å². The minimum absolute atomic E-state index is 0.0753. The van der Waals surface area contributed by atoms with Crippen LogP contribution >= 0.6 is 0 Å². The number of hydrogen-bond acceptors (Lipinski definition) is 6. The molecule has 41 heavy (non-hydrogen) atoms. The third-order valence-electron chi connectivity index (χ3n) is 6.03. The second-order valence-electron chi connectivity index (χ2n) is 9.70. The van der Waals surface area contributed by atoms with Gasteiger partial charge < -0.3 is 29.9 Å². The van der Waals surface area contributed by atoms with Crippen LogP contribution in [0.5, 0.6) is 5.75 Å². The number of benzene rings is 3. The number of methoxy groups -OCH3 is 1. The van der Waals surface area contributed by atoms with E-state index in [0.29, 0.717) is 29.2 Å². The molecule has 0 unspecified atom stereocenters. The van der Waals surface area contributed by atoms with Crippen molar-refractivity contribution in [1.29, 1.82) is 0 Å². The number of anilines is 3. The summed E-state index contributed by atoms with van der Waals surface area (Å²) in [5.74, 6) is -0.495. The van der Waals surface area contributed by atoms with Crippen LogP contribution in [0.2, 0.25) is 0 Å². The molecule has 4 amide bonds. The van der Waals surface area contributed by atoms with Crippen molar-refractivity contribution < 1.29 is 28.7 Å². The number of carbonyl (C=O) groups excluding carboxylic acids is 4. The number of para-hydroxylation sites is 3. The first kappa shape index (κ1) is 30.7. The molecule has 0 saturated carbocycles. The Hall–Kier alpha value is -4.86. The summed E-state index contributed by atoms with van der Waals surface area (Å²) < 4.78 is 10.6. The Morgan fingerprint density at radius 3 is 2.29 bits per heavy atom. The third kappa shape index (κ3) is 9.38. The van der Waals surface area contributed by atoms with E-state index in [9.17, 15) is 19.2 Å². The van der Waals surface area contributed by atoms with Crippen molar-refractivity contribution in [3.05, 3.63) is 84.4 Å². The molecule has 0 atom stereocenters. The molecule has 0 radical (unpaired) electrons. The lowest BCUT2D eigenvalue weighted by molar-refractivity contribution is -0.139. The molecule has 3 aromatic rings. The van der Waals surface area contributed by atoms with Crippen LogP contribution in [0.3, 0.4) is 0 Å². The number of hydrogen-bond donors (Lipinski definition) is 2. The average molecular weight is 561 g/mol. The highest BCUT2D eigenvalue weighted by molar-refractivity contribution is 5.99. The zero-order chi connectivity index (χ0) is 29.8. The quantitative estimate of drug-likeness (QED) is 0.320. The molecular weight excluding hydrogens is 524 g/mol. The van der Waals surface area contributed by atoms with E-state index in [1.54, 1.807) is 60.5 Å². The molecule has 10 heteroatoms. The first-order valence-corrected chi connectivity index (χ1v) is 13.2. The number of urea groups is 1. The van der Waals surface area contributed by atoms with Crippen LogP contribution in [0.4, 0.5) is 21.9 Å². The standard InChI is InChI=1S/C31H36N4O6/c1-22(2)20-35(28(36)19-32-31(39)33-24-12-10-11-23(17-24)18-30(38)40-4)26-15-8-9-16-27(26)41-21-29(37)34(3)25-13-6-5-7-14-25/h5-17,22H,18-21H2,1-4H3,(H2,32,33,39). The van der Waals surface area contributed by atoms with Gasteiger partial charge in [0.1, 0.15) is 5.75 Å². The molecule has 3 aromatic carbocycles. The van der Waals surface area contributed by atoms with E-state index in [2.05, 4.69) is 15.4 Å². The zero-order valence-corrected chi connectivity index (χ0v) is 23.8. The molecule has 10 nitrogen and oxygen atoms in total. The Balaban J connectivity index is 1.65. The Bertz CT molecular complexity index is 1350. The Kier molecular flexibility index (Phi) is 11.3. The van der Waals surface area contributed by atoms with Crippen molar-refractivity contribution in [3.63, 3.8) is 0 Å². The fourth-order valence-electron chi connectivity index (χ4n) is 3.96. The lowest BCUT2D eigenvalue weighted by Crippen LogP contribution is -2.43. The molecule has 0 fully saturated rings. The number of amides is 4. The largest absolute Gasteiger partial charge is 0.482 e. The predicted octanol–water partition coefficient (Wildman–Crippen LogP) is 4.25. The van der Waals surface area contributed by atoms with E-state index >= 15 is 0 Å². The van der Waals surface area contributed by atoms with Crippen LogP contribution < -0.4 is 25.2 Å². The van der Waals surface area contributed by atoms with Gasteiger partial charge in [-0.3, -0.25) is 14.4 Å². The first-order valence-electron chi connectivity index (χ1n) is 13.2. The second kappa shape index (κ2) is 15.1. The topological polar surface area (TPSA) is 117 Å². The van der Waals surface area contributed by atoms with E-state index in [1.165, 1.54) is 12.0 Å². The summed E-state index contributed by atoms with van der Waals surface area (Å²) in [6, 6.07) is 22.5. The van der Waals surface area contributed by atoms with Gasteiger partial charge in [0.2, 0.25) is 5.91 Å². The molecule has 3 rings (SSSR count). The maximum Gasteiger partial charge on any atom is 0.319 e. The van der Waals surface area contributed by atoms with Gasteiger partial charge in [0.25, 0.3) is 5.91 Å². The molecule has 0 bridgehead atoms. The number of nitrogens with zero attached hydrogens (tertiary/aromatic N) is 2. The van der Waals surface area contributed by atoms with Crippen molar-refractivity contribution >= 4 is 40.9 Å². The van der Waals surface area contributed by atoms with Crippen molar-refractivity contribution in [2.24, 2.45) is 5.92 Å². The highest BCUT2D eigenvalue weighted by Crippen LogP contribution is 2.29. The highest BCUT2D eigenvalue weighted by atomic mass is 16.5. The Labute approximate surface area is 240 Å². The van der Waals surface area contributed by atoms with Crippen molar-refractivity contribution in [3.8, 4) is 5.75 Å². The van der Waals surface area contributed by atoms with E-state index in [0.717, 1.165) is 5.69 Å². The van der Waals surface area contributed by atoms with Crippen LogP contribution in [-0.4, -0.2) is 57.7 Å². The van der Waals surface area contributed by atoms with Gasteiger partial charge in [-0.2, -0.15) is 0 Å². The fourth-order valence-corrected chi connectivity index (χ4v) is 3.96. The van der Waals surface area contributed by atoms with E-state index in [4.69, 9.17) is 4.74 Å². The van der Waals surface area contributed by atoms with Crippen LogP contribution in [0.1, 0.15) is 19.4 Å². The second-order valence-corrected chi connectivity index (χ2v) is 9.70. The molecule has 0 spiro atoms. The lowest BCUT2D eigenvalue weighted by atomic mass is 10.1. The van der Waals surface area contributed by atoms with Gasteiger partial charge in [0.05, 0.1) is 25.8 Å². The highest BCUT2D eigenvalue weighted by Gasteiger charge is 2.22. The Morgan fingerprint density at radius 2 is 1.59 bits per heavy atom. The minimum atomic E-state index is -0.572. The number of esters is 1. The monoisotopic (exact) mass is 560 g/mol. The summed E-state index contributed by atoms with van der Waals surface area (Å²) in [6.45, 7) is 3.83. The summed E-state index contributed by atoms with van der Waals surface area (Å²) >= 11 is 0. The normalized spacial score (nSPS) is 10.5. The SMILES string of the molecule is COC(=O)Cc1cccc(NC(=O)NCC(=O)N(CC(C)C)c2ccccc2OCC(=O)N(C)c2ccccc2)c1. The lowest BCUT2D eigenvalue weighted by Gasteiger charge is -2.27. The number of nitrogens with one attached hydrogen (secondary N) is 2. The molecule has 0 aliphatic heterocycles. The number of rotatable bonds is 12. The van der Waals surface area contributed by atoms with E-state index in [1.807, 2.05) is 44.2 Å². The zero-order valence-electron chi connectivity index (χ0n) is 23.8. The number of likely N-dealkylation sites (N-methyl/N-ethyl adjacent to an activating group) is 1. The van der Waals surface area contributed by atoms with Gasteiger partial charge in [-0.15, -0.1) is 0 Å². The van der Waals surface area contributed by atoms with Gasteiger partial charge in [-0.25, -0.2) is 4.79 Å². The summed E-state index contributed by atoms with van der Waals surface area (Å²) in [6.07, 6.45) is 0.0753. The number of carbonyl (C=O) groups is 4. The number of ether oxygens (including phenoxy) is 2. The molecule has 216 valence electrons. The summed E-state index contributed by atoms with van der Waals surface area (Å²) in [5, 5.41) is 5.27. The van der Waals surface area contributed by atoms with Crippen molar-refractivity contribution in [2.75, 3.05) is 49.0 Å². The summed E-state index contributed by atoms with van der Waals surface area (Å²) in [7, 11) is 2.99. The van der Waals surface area contributed by atoms with Crippen LogP contribution in [0, 0.1) is 5.92 Å². The molecule has 0 aliphatic rings. The van der Waals surface area contributed by atoms with Crippen molar-refractivity contribution in [2.45, 2.75) is 20.3 Å². The molecule has 0 aliphatic carbocycles. The summed E-state index contributed by atoms with van der Waals surface area (Å²) in [4.78, 5) is 53.3. The van der Waals surface area contributed by atoms with Gasteiger partial charge in [-0.1, -0.05) is 56.3 Å². The van der Waals surface area contributed by atoms with Gasteiger partial charge in [0.15, 0.2) is 6.61 Å². The molecular formula is C31H36N4O6. The molecule has 2 N–H and O–H groups in total. The fraction of sp³-hybridized carbons (Fsp3) is 0.290. The smallest absolute Gasteiger partial charge is 0.319 e. The van der Waals surface area contributed by atoms with Crippen LogP contribution in [-0.2, 0) is 25.5 Å². The van der Waals surface area contributed by atoms with Gasteiger partial charge in [0, 0.05) is 25.0 Å². The first-order chi connectivity index (χ1) is 19.7. The predicted molar refractivity (Wildman–Crippen MR) is 158 cm³/mol. The maximum absolute atomic E-state index is 13.3. The van der Waals surface area contributed by atoms with Crippen LogP contribution in [0.25, 0.3) is 0 Å². The maximum atomic E-state index is 13.3. The van der Waals surface area contributed by atoms with Gasteiger partial charge in [-0.05, 0) is 47.9 Å². The van der Waals surface area contributed by atoms with Crippen molar-refractivity contribution in [1.82, 2.24) is 5.32 Å². The van der Waals surface area contributed by atoms with Gasteiger partial charge >= 0.3 is 12.0 Å². The molecule has 0 aromatic heterocycles. The van der Waals surface area contributed by atoms with Crippen LogP contribution in [0.15, 0.2) is 78.9 Å².